The third-order valence-corrected chi connectivity index (χ3v) is 9.15. The third kappa shape index (κ3) is 4.82. The van der Waals surface area contributed by atoms with Crippen molar-refractivity contribution in [1.82, 2.24) is 19.6 Å². The van der Waals surface area contributed by atoms with Gasteiger partial charge in [0.25, 0.3) is 0 Å². The van der Waals surface area contributed by atoms with E-state index in [4.69, 9.17) is 25.8 Å². The molecular formula is C22H32ClFN4O6S. The van der Waals surface area contributed by atoms with E-state index in [0.29, 0.717) is 29.2 Å². The number of methoxy groups -OCH3 is 2. The predicted octanol–water partition coefficient (Wildman–Crippen LogP) is 2.66. The SMILES string of the molecule is COC(=O)N1[C@H](C)C[C@H](NS(=O)(=O)CF)[C@@H]1CO[C@H]1CC[C@@]2(c3ncc(Cl)c(OC)n3)C(C)C2C1. The first-order valence-electron chi connectivity index (χ1n) is 11.7. The van der Waals surface area contributed by atoms with E-state index in [9.17, 15) is 17.6 Å². The van der Waals surface area contributed by atoms with E-state index in [1.807, 2.05) is 0 Å². The number of carbonyl (C=O) groups excluding carboxylic acids is 1. The Labute approximate surface area is 209 Å². The van der Waals surface area contributed by atoms with Gasteiger partial charge in [-0.15, -0.1) is 0 Å². The lowest BCUT2D eigenvalue weighted by Gasteiger charge is -2.32. The van der Waals surface area contributed by atoms with Gasteiger partial charge < -0.3 is 14.2 Å². The van der Waals surface area contributed by atoms with Crippen molar-refractivity contribution >= 4 is 27.7 Å². The van der Waals surface area contributed by atoms with Crippen molar-refractivity contribution in [3.63, 3.8) is 0 Å². The molecule has 3 aliphatic rings. The molecule has 1 saturated heterocycles. The lowest BCUT2D eigenvalue weighted by molar-refractivity contribution is -0.0103. The van der Waals surface area contributed by atoms with Gasteiger partial charge in [0.15, 0.2) is 0 Å². The number of amides is 1. The quantitative estimate of drug-likeness (QED) is 0.540. The summed E-state index contributed by atoms with van der Waals surface area (Å²) in [5.74, 6) is 1.79. The maximum absolute atomic E-state index is 13.0. The van der Waals surface area contributed by atoms with E-state index in [-0.39, 0.29) is 24.2 Å². The number of fused-ring (bicyclic) bond motifs is 1. The molecule has 1 aromatic heterocycles. The summed E-state index contributed by atoms with van der Waals surface area (Å²) in [6.07, 6.45) is 3.65. The van der Waals surface area contributed by atoms with Gasteiger partial charge in [-0.05, 0) is 44.4 Å². The predicted molar refractivity (Wildman–Crippen MR) is 125 cm³/mol. The summed E-state index contributed by atoms with van der Waals surface area (Å²) in [6.45, 7) is 4.09. The minimum Gasteiger partial charge on any atom is -0.480 e. The van der Waals surface area contributed by atoms with Crippen molar-refractivity contribution < 1.29 is 31.8 Å². The van der Waals surface area contributed by atoms with E-state index in [1.54, 1.807) is 13.1 Å². The number of ether oxygens (including phenoxy) is 3. The van der Waals surface area contributed by atoms with Crippen molar-refractivity contribution in [3.05, 3.63) is 17.0 Å². The number of likely N-dealkylation sites (tertiary alicyclic amines) is 1. The van der Waals surface area contributed by atoms with Crippen LogP contribution in [0.25, 0.3) is 0 Å². The van der Waals surface area contributed by atoms with Gasteiger partial charge in [0.2, 0.25) is 21.9 Å². The number of alkyl halides is 1. The molecule has 4 rings (SSSR count). The van der Waals surface area contributed by atoms with Crippen LogP contribution in [0.15, 0.2) is 6.20 Å². The summed E-state index contributed by atoms with van der Waals surface area (Å²) in [4.78, 5) is 22.9. The highest BCUT2D eigenvalue weighted by Gasteiger charge is 2.66. The zero-order valence-corrected chi connectivity index (χ0v) is 21.8. The first-order chi connectivity index (χ1) is 16.6. The summed E-state index contributed by atoms with van der Waals surface area (Å²) in [7, 11) is -1.30. The molecule has 0 bridgehead atoms. The van der Waals surface area contributed by atoms with Gasteiger partial charge in [0, 0.05) is 17.5 Å². The second-order valence-corrected chi connectivity index (χ2v) is 11.8. The minimum absolute atomic E-state index is 0.0684. The number of aromatic nitrogens is 2. The molecule has 2 saturated carbocycles. The number of nitrogens with zero attached hydrogens (tertiary/aromatic N) is 3. The molecule has 2 aliphatic carbocycles. The van der Waals surface area contributed by atoms with Gasteiger partial charge in [-0.2, -0.15) is 4.98 Å². The fourth-order valence-electron chi connectivity index (χ4n) is 6.11. The summed E-state index contributed by atoms with van der Waals surface area (Å²) < 4.78 is 55.5. The molecule has 3 fully saturated rings. The average molecular weight is 535 g/mol. The molecule has 7 atom stereocenters. The molecule has 0 spiro atoms. The van der Waals surface area contributed by atoms with Crippen molar-refractivity contribution in [1.29, 1.82) is 0 Å². The van der Waals surface area contributed by atoms with Gasteiger partial charge in [0.1, 0.15) is 10.8 Å². The Kier molecular flexibility index (Phi) is 7.48. The fourth-order valence-corrected chi connectivity index (χ4v) is 7.05. The Balaban J connectivity index is 1.44. The van der Waals surface area contributed by atoms with Crippen LogP contribution < -0.4 is 9.46 Å². The Hall–Kier alpha value is -1.76. The molecule has 2 heterocycles. The topological polar surface area (TPSA) is 120 Å². The summed E-state index contributed by atoms with van der Waals surface area (Å²) >= 11 is 6.10. The second kappa shape index (κ2) is 9.95. The van der Waals surface area contributed by atoms with Crippen molar-refractivity contribution in [2.24, 2.45) is 11.8 Å². The molecule has 1 aliphatic heterocycles. The minimum atomic E-state index is -4.10. The molecule has 0 radical (unpaired) electrons. The highest BCUT2D eigenvalue weighted by atomic mass is 35.5. The Morgan fingerprint density at radius 1 is 1.34 bits per heavy atom. The van der Waals surface area contributed by atoms with Crippen LogP contribution in [0.3, 0.4) is 0 Å². The van der Waals surface area contributed by atoms with Crippen LogP contribution in [0.4, 0.5) is 9.18 Å². The van der Waals surface area contributed by atoms with Crippen molar-refractivity contribution in [2.75, 3.05) is 26.8 Å². The van der Waals surface area contributed by atoms with E-state index in [1.165, 1.54) is 19.1 Å². The Bertz CT molecular complexity index is 1060. The summed E-state index contributed by atoms with van der Waals surface area (Å²) in [5.41, 5.74) is -0.142. The van der Waals surface area contributed by atoms with E-state index < -0.39 is 34.2 Å². The van der Waals surface area contributed by atoms with Gasteiger partial charge in [-0.1, -0.05) is 18.5 Å². The molecule has 10 nitrogen and oxygen atoms in total. The monoisotopic (exact) mass is 534 g/mol. The number of halogens is 2. The molecule has 0 aromatic carbocycles. The second-order valence-electron chi connectivity index (χ2n) is 9.69. The van der Waals surface area contributed by atoms with Crippen LogP contribution in [0.1, 0.15) is 45.4 Å². The van der Waals surface area contributed by atoms with E-state index in [0.717, 1.165) is 25.1 Å². The number of sulfonamides is 1. The van der Waals surface area contributed by atoms with Crippen LogP contribution in [0, 0.1) is 11.8 Å². The Morgan fingerprint density at radius 2 is 2.09 bits per heavy atom. The largest absolute Gasteiger partial charge is 0.480 e. The van der Waals surface area contributed by atoms with Crippen LogP contribution >= 0.6 is 11.6 Å². The summed E-state index contributed by atoms with van der Waals surface area (Å²) in [5, 5.41) is 0.369. The molecular weight excluding hydrogens is 503 g/mol. The molecule has 1 amide bonds. The average Bonchev–Trinajstić information content (AvgIpc) is 3.31. The van der Waals surface area contributed by atoms with Gasteiger partial charge in [-0.25, -0.2) is 27.3 Å². The van der Waals surface area contributed by atoms with E-state index in [2.05, 4.69) is 21.6 Å². The van der Waals surface area contributed by atoms with Crippen LogP contribution in [-0.4, -0.2) is 80.4 Å². The molecule has 2 unspecified atom stereocenters. The van der Waals surface area contributed by atoms with Gasteiger partial charge in [-0.3, -0.25) is 4.90 Å². The zero-order chi connectivity index (χ0) is 25.5. The highest BCUT2D eigenvalue weighted by Crippen LogP contribution is 2.66. The first kappa shape index (κ1) is 26.3. The molecule has 1 aromatic rings. The number of nitrogens with one attached hydrogen (secondary N) is 1. The summed E-state index contributed by atoms with van der Waals surface area (Å²) in [6, 6.07) is -3.08. The molecule has 196 valence electrons. The Morgan fingerprint density at radius 3 is 2.71 bits per heavy atom. The highest BCUT2D eigenvalue weighted by molar-refractivity contribution is 7.89. The number of carbonyl (C=O) groups is 1. The van der Waals surface area contributed by atoms with E-state index >= 15 is 0 Å². The van der Waals surface area contributed by atoms with Gasteiger partial charge >= 0.3 is 6.09 Å². The van der Waals surface area contributed by atoms with Crippen LogP contribution in [-0.2, 0) is 24.9 Å². The number of hydrogen-bond acceptors (Lipinski definition) is 8. The molecule has 1 N–H and O–H groups in total. The van der Waals surface area contributed by atoms with Crippen LogP contribution in [0.2, 0.25) is 5.02 Å². The molecule has 35 heavy (non-hydrogen) atoms. The maximum atomic E-state index is 13.0. The smallest absolute Gasteiger partial charge is 0.410 e. The first-order valence-corrected chi connectivity index (χ1v) is 13.7. The standard InChI is InChI=1S/C22H32ClFN4O6S/c1-12-7-17(27-35(30,31)11-24)18(28(12)21(29)33-4)10-34-14-5-6-22(13(2)15(22)8-14)20-25-9-16(23)19(26-20)32-3/h9,12-15,17-18,27H,5-8,10-11H2,1-4H3/t12-,13?,14+,15?,17+,18+,22-/m1/s1. The number of hydrogen-bond donors (Lipinski definition) is 1. The number of rotatable bonds is 8. The van der Waals surface area contributed by atoms with Crippen molar-refractivity contribution in [3.8, 4) is 5.88 Å². The fraction of sp³-hybridized carbons (Fsp3) is 0.773. The third-order valence-electron chi connectivity index (χ3n) is 7.94. The molecule has 13 heteroatoms. The van der Waals surface area contributed by atoms with Gasteiger partial charge in [0.05, 0.1) is 39.2 Å². The lowest BCUT2D eigenvalue weighted by Crippen LogP contribution is -2.50. The zero-order valence-electron chi connectivity index (χ0n) is 20.2. The maximum Gasteiger partial charge on any atom is 0.410 e. The normalized spacial score (nSPS) is 34.4. The van der Waals surface area contributed by atoms with Crippen molar-refractivity contribution in [2.45, 2.75) is 69.2 Å². The lowest BCUT2D eigenvalue weighted by atomic mass is 9.85. The van der Waals surface area contributed by atoms with Crippen LogP contribution in [0.5, 0.6) is 5.88 Å².